The van der Waals surface area contributed by atoms with E-state index in [0.29, 0.717) is 5.25 Å². The van der Waals surface area contributed by atoms with E-state index in [1.165, 1.54) is 14.0 Å². The van der Waals surface area contributed by atoms with Gasteiger partial charge < -0.3 is 0 Å². The van der Waals surface area contributed by atoms with Crippen LogP contribution in [0, 0.1) is 3.14 Å². The van der Waals surface area contributed by atoms with Crippen LogP contribution in [0.1, 0.15) is 10.8 Å². The average molecular weight is 301 g/mol. The highest BCUT2D eigenvalue weighted by Gasteiger charge is 2.23. The quantitative estimate of drug-likeness (QED) is 0.640. The molecule has 0 amide bonds. The number of hydrogen-bond donors (Lipinski definition) is 0. The van der Waals surface area contributed by atoms with Crippen molar-refractivity contribution in [2.24, 2.45) is 0 Å². The molecule has 0 saturated carbocycles. The second kappa shape index (κ2) is 4.82. The Labute approximate surface area is 116 Å². The first-order valence-electron chi connectivity index (χ1n) is 4.81. The van der Waals surface area contributed by atoms with Crippen molar-refractivity contribution >= 4 is 58.4 Å². The van der Waals surface area contributed by atoms with E-state index in [2.05, 4.69) is 30.3 Å². The molecular weight excluding hydrogens is 292 g/mol. The number of fused-ring (bicyclic) bond motifs is 1. The predicted octanol–water partition coefficient (Wildman–Crippen LogP) is 5.48. The lowest BCUT2D eigenvalue weighted by Gasteiger charge is -2.20. The molecule has 0 N–H and O–H groups in total. The van der Waals surface area contributed by atoms with Crippen LogP contribution in [0.5, 0.6) is 0 Å². The van der Waals surface area contributed by atoms with Gasteiger partial charge in [0.05, 0.1) is 8.42 Å². The van der Waals surface area contributed by atoms with Gasteiger partial charge in [0.25, 0.3) is 0 Å². The zero-order valence-electron chi connectivity index (χ0n) is 8.21. The van der Waals surface area contributed by atoms with Crippen molar-refractivity contribution in [3.8, 4) is 0 Å². The minimum absolute atomic E-state index is 0.582. The van der Waals surface area contributed by atoms with Crippen LogP contribution < -0.4 is 0 Å². The Balaban J connectivity index is 1.91. The molecule has 0 bridgehead atoms. The lowest BCUT2D eigenvalue weighted by molar-refractivity contribution is 1.10. The third-order valence-corrected chi connectivity index (χ3v) is 8.40. The monoisotopic (exact) mass is 300 g/mol. The molecule has 2 heterocycles. The maximum atomic E-state index is 5.25. The fraction of sp³-hybridized carbons (Fsp3) is 0.182. The van der Waals surface area contributed by atoms with Gasteiger partial charge in [-0.25, -0.2) is 0 Å². The zero-order valence-corrected chi connectivity index (χ0v) is 12.3. The van der Waals surface area contributed by atoms with Gasteiger partial charge in [0, 0.05) is 11.0 Å². The molecule has 1 aromatic carbocycles. The van der Waals surface area contributed by atoms with Crippen LogP contribution in [0.4, 0.5) is 0 Å². The normalized spacial score (nSPS) is 19.4. The van der Waals surface area contributed by atoms with Crippen molar-refractivity contribution in [2.75, 3.05) is 5.75 Å². The first-order chi connectivity index (χ1) is 7.83. The summed E-state index contributed by atoms with van der Waals surface area (Å²) in [5.74, 6) is 1.16. The summed E-state index contributed by atoms with van der Waals surface area (Å²) in [4.78, 5) is 0. The molecule has 1 aromatic heterocycles. The first-order valence-corrected chi connectivity index (χ1v) is 8.72. The minimum Gasteiger partial charge on any atom is -0.112 e. The van der Waals surface area contributed by atoms with Gasteiger partial charge in [-0.15, -0.1) is 46.2 Å². The van der Waals surface area contributed by atoms with E-state index in [-0.39, 0.29) is 0 Å². The molecule has 1 atom stereocenters. The molecule has 1 aliphatic heterocycles. The molecule has 0 nitrogen and oxygen atoms in total. The lowest BCUT2D eigenvalue weighted by Crippen LogP contribution is -2.00. The molecule has 0 saturated heterocycles. The molecule has 0 fully saturated rings. The van der Waals surface area contributed by atoms with Gasteiger partial charge in [-0.3, -0.25) is 0 Å². The fourth-order valence-electron chi connectivity index (χ4n) is 1.56. The Morgan fingerprint density at radius 1 is 1.06 bits per heavy atom. The van der Waals surface area contributed by atoms with Crippen molar-refractivity contribution < 1.29 is 0 Å². The van der Waals surface area contributed by atoms with Crippen molar-refractivity contribution in [1.82, 2.24) is 0 Å². The summed E-state index contributed by atoms with van der Waals surface area (Å²) in [6, 6.07) is 10.7. The summed E-state index contributed by atoms with van der Waals surface area (Å²) >= 11 is 12.7. The van der Waals surface area contributed by atoms with E-state index in [9.17, 15) is 0 Å². The van der Waals surface area contributed by atoms with Gasteiger partial charge in [-0.05, 0) is 5.56 Å². The third-order valence-electron chi connectivity index (χ3n) is 2.31. The second-order valence-electron chi connectivity index (χ2n) is 3.36. The fourth-order valence-corrected chi connectivity index (χ4v) is 8.19. The highest BCUT2D eigenvalue weighted by molar-refractivity contribution is 8.08. The topological polar surface area (TPSA) is 0 Å². The molecule has 0 radical (unpaired) electrons. The molecule has 16 heavy (non-hydrogen) atoms. The highest BCUT2D eigenvalue weighted by Crippen LogP contribution is 2.52. The SMILES string of the molecule is S=c1sc2c(s1)SC(c1ccccc1)CS2. The summed E-state index contributed by atoms with van der Waals surface area (Å²) < 4.78 is 3.89. The smallest absolute Gasteiger partial charge is 0.112 e. The molecule has 1 aliphatic rings. The third kappa shape index (κ3) is 2.24. The van der Waals surface area contributed by atoms with Gasteiger partial charge in [0.15, 0.2) is 0 Å². The maximum Gasteiger partial charge on any atom is 0.145 e. The molecule has 82 valence electrons. The largest absolute Gasteiger partial charge is 0.145 e. The summed E-state index contributed by atoms with van der Waals surface area (Å²) in [7, 11) is 0. The summed E-state index contributed by atoms with van der Waals surface area (Å²) in [5.41, 5.74) is 1.43. The van der Waals surface area contributed by atoms with Gasteiger partial charge in [-0.2, -0.15) is 0 Å². The minimum atomic E-state index is 0.582. The summed E-state index contributed by atoms with van der Waals surface area (Å²) in [5, 5.41) is 0.582. The van der Waals surface area contributed by atoms with Crippen molar-refractivity contribution in [2.45, 2.75) is 13.7 Å². The molecule has 2 aromatic rings. The van der Waals surface area contributed by atoms with Crippen LogP contribution >= 0.6 is 58.4 Å². The maximum absolute atomic E-state index is 5.25. The van der Waals surface area contributed by atoms with Crippen molar-refractivity contribution in [1.29, 1.82) is 0 Å². The van der Waals surface area contributed by atoms with Gasteiger partial charge >= 0.3 is 0 Å². The Morgan fingerprint density at radius 3 is 2.62 bits per heavy atom. The van der Waals surface area contributed by atoms with E-state index in [0.717, 1.165) is 8.89 Å². The zero-order chi connectivity index (χ0) is 11.0. The molecule has 0 aliphatic carbocycles. The molecular formula is C11H8S5. The standard InChI is InChI=1S/C11H8S5/c12-11-15-9-10(16-11)14-8(6-13-9)7-4-2-1-3-5-7/h1-5,8H,6H2. The number of rotatable bonds is 1. The predicted molar refractivity (Wildman–Crippen MR) is 78.8 cm³/mol. The molecule has 0 spiro atoms. The Bertz CT molecular complexity index is 539. The van der Waals surface area contributed by atoms with Gasteiger partial charge in [0.2, 0.25) is 0 Å². The number of thioether (sulfide) groups is 2. The van der Waals surface area contributed by atoms with Crippen LogP contribution in [0.25, 0.3) is 0 Å². The summed E-state index contributed by atoms with van der Waals surface area (Å²) in [6.07, 6.45) is 0. The van der Waals surface area contributed by atoms with Gasteiger partial charge in [0.1, 0.15) is 3.14 Å². The van der Waals surface area contributed by atoms with E-state index >= 15 is 0 Å². The van der Waals surface area contributed by atoms with E-state index < -0.39 is 0 Å². The van der Waals surface area contributed by atoms with Crippen molar-refractivity contribution in [3.63, 3.8) is 0 Å². The first kappa shape index (κ1) is 11.3. The van der Waals surface area contributed by atoms with Crippen LogP contribution in [-0.2, 0) is 0 Å². The van der Waals surface area contributed by atoms with Crippen molar-refractivity contribution in [3.05, 3.63) is 39.0 Å². The van der Waals surface area contributed by atoms with E-state index in [1.807, 2.05) is 23.5 Å². The van der Waals surface area contributed by atoms with E-state index in [4.69, 9.17) is 12.2 Å². The van der Waals surface area contributed by atoms with E-state index in [1.54, 1.807) is 22.7 Å². The molecule has 3 rings (SSSR count). The Morgan fingerprint density at radius 2 is 1.81 bits per heavy atom. The van der Waals surface area contributed by atoms with Gasteiger partial charge in [-0.1, -0.05) is 42.5 Å². The summed E-state index contributed by atoms with van der Waals surface area (Å²) in [6.45, 7) is 0. The molecule has 1 unspecified atom stereocenters. The number of hydrogen-bond acceptors (Lipinski definition) is 5. The Hall–Kier alpha value is 0.190. The molecule has 5 heteroatoms. The second-order valence-corrected chi connectivity index (χ2v) is 9.34. The van der Waals surface area contributed by atoms with Crippen LogP contribution in [0.3, 0.4) is 0 Å². The van der Waals surface area contributed by atoms with Crippen LogP contribution in [0.15, 0.2) is 38.8 Å². The highest BCUT2D eigenvalue weighted by atomic mass is 32.2. The van der Waals surface area contributed by atoms with Crippen LogP contribution in [0.2, 0.25) is 0 Å². The average Bonchev–Trinajstić information content (AvgIpc) is 2.69. The van der Waals surface area contributed by atoms with Crippen LogP contribution in [-0.4, -0.2) is 5.75 Å². The lowest BCUT2D eigenvalue weighted by atomic mass is 10.2. The Kier molecular flexibility index (Phi) is 3.40. The number of benzene rings is 1.